The Hall–Kier alpha value is -2.59. The molecule has 0 aliphatic carbocycles. The second-order valence-electron chi connectivity index (χ2n) is 7.26. The van der Waals surface area contributed by atoms with Crippen molar-refractivity contribution >= 4 is 40.9 Å². The number of hydrogen-bond acceptors (Lipinski definition) is 6. The zero-order chi connectivity index (χ0) is 20.4. The van der Waals surface area contributed by atoms with Gasteiger partial charge in [-0.05, 0) is 49.3 Å². The number of carbonyl (C=O) groups is 2. The topological polar surface area (TPSA) is 94.6 Å². The molecule has 3 aliphatic rings. The summed E-state index contributed by atoms with van der Waals surface area (Å²) < 4.78 is 10.4. The third-order valence-corrected chi connectivity index (χ3v) is 5.82. The highest BCUT2D eigenvalue weighted by atomic mass is 32.1. The van der Waals surface area contributed by atoms with Gasteiger partial charge in [0.1, 0.15) is 12.7 Å². The third-order valence-electron chi connectivity index (χ3n) is 5.44. The molecule has 9 nitrogen and oxygen atoms in total. The van der Waals surface area contributed by atoms with E-state index in [4.69, 9.17) is 21.7 Å². The third kappa shape index (κ3) is 4.08. The Bertz CT molecular complexity index is 789. The zero-order valence-electron chi connectivity index (χ0n) is 16.0. The first kappa shape index (κ1) is 19.7. The lowest BCUT2D eigenvalue weighted by Crippen LogP contribution is -2.46. The van der Waals surface area contributed by atoms with Gasteiger partial charge in [0.05, 0.1) is 32.3 Å². The van der Waals surface area contributed by atoms with E-state index in [1.807, 2.05) is 4.90 Å². The van der Waals surface area contributed by atoms with Crippen molar-refractivity contribution in [3.05, 3.63) is 24.3 Å². The number of hydrogen-bond donors (Lipinski definition) is 2. The van der Waals surface area contributed by atoms with Crippen molar-refractivity contribution in [2.24, 2.45) is 0 Å². The summed E-state index contributed by atoms with van der Waals surface area (Å²) in [6, 6.07) is 7.22. The van der Waals surface area contributed by atoms with E-state index in [0.29, 0.717) is 37.0 Å². The Morgan fingerprint density at radius 3 is 2.52 bits per heavy atom. The summed E-state index contributed by atoms with van der Waals surface area (Å²) in [6.45, 7) is 2.62. The first-order valence-electron chi connectivity index (χ1n) is 9.74. The van der Waals surface area contributed by atoms with Crippen molar-refractivity contribution in [1.29, 1.82) is 0 Å². The first-order chi connectivity index (χ1) is 14.1. The predicted molar refractivity (Wildman–Crippen MR) is 110 cm³/mol. The van der Waals surface area contributed by atoms with Gasteiger partial charge < -0.3 is 24.8 Å². The lowest BCUT2D eigenvalue weighted by atomic mass is 10.2. The molecule has 1 aromatic carbocycles. The SMILES string of the molecule is O=C1OCCN1c1ccc(N2C[C@H](CNC(=S)N3CCC[C@@H]3CO)OC2=O)cc1. The Morgan fingerprint density at radius 1 is 1.14 bits per heavy atom. The van der Waals surface area contributed by atoms with Crippen LogP contribution in [0.25, 0.3) is 0 Å². The number of rotatable bonds is 5. The summed E-state index contributed by atoms with van der Waals surface area (Å²) >= 11 is 5.43. The lowest BCUT2D eigenvalue weighted by Gasteiger charge is -2.26. The molecule has 2 N–H and O–H groups in total. The molecule has 4 rings (SSSR count). The van der Waals surface area contributed by atoms with E-state index in [1.165, 1.54) is 0 Å². The fourth-order valence-corrected chi connectivity index (χ4v) is 4.20. The van der Waals surface area contributed by atoms with Gasteiger partial charge in [0.2, 0.25) is 0 Å². The van der Waals surface area contributed by atoms with Crippen LogP contribution in [0.4, 0.5) is 21.0 Å². The molecule has 10 heteroatoms. The molecule has 0 aromatic heterocycles. The molecule has 1 aromatic rings. The molecule has 156 valence electrons. The quantitative estimate of drug-likeness (QED) is 0.689. The summed E-state index contributed by atoms with van der Waals surface area (Å²) in [7, 11) is 0. The molecule has 29 heavy (non-hydrogen) atoms. The van der Waals surface area contributed by atoms with Crippen LogP contribution in [-0.2, 0) is 9.47 Å². The first-order valence-corrected chi connectivity index (χ1v) is 10.2. The molecular weight excluding hydrogens is 396 g/mol. The maximum absolute atomic E-state index is 12.3. The minimum absolute atomic E-state index is 0.0593. The zero-order valence-corrected chi connectivity index (χ0v) is 16.8. The minimum Gasteiger partial charge on any atom is -0.447 e. The van der Waals surface area contributed by atoms with Crippen LogP contribution in [0.15, 0.2) is 24.3 Å². The van der Waals surface area contributed by atoms with E-state index < -0.39 is 6.09 Å². The van der Waals surface area contributed by atoms with Crippen molar-refractivity contribution in [2.75, 3.05) is 49.2 Å². The van der Waals surface area contributed by atoms with E-state index in [-0.39, 0.29) is 24.8 Å². The molecule has 0 unspecified atom stereocenters. The smallest absolute Gasteiger partial charge is 0.414 e. The molecule has 0 spiro atoms. The van der Waals surface area contributed by atoms with Crippen LogP contribution in [0.1, 0.15) is 12.8 Å². The largest absolute Gasteiger partial charge is 0.447 e. The van der Waals surface area contributed by atoms with Crippen molar-refractivity contribution in [3.8, 4) is 0 Å². The molecule has 3 aliphatic heterocycles. The van der Waals surface area contributed by atoms with E-state index in [9.17, 15) is 14.7 Å². The van der Waals surface area contributed by atoms with E-state index in [2.05, 4.69) is 5.32 Å². The van der Waals surface area contributed by atoms with Gasteiger partial charge in [-0.3, -0.25) is 9.80 Å². The number of benzene rings is 1. The molecule has 0 bridgehead atoms. The normalized spacial score (nSPS) is 24.1. The van der Waals surface area contributed by atoms with E-state index in [1.54, 1.807) is 34.1 Å². The molecule has 3 heterocycles. The molecule has 3 fully saturated rings. The van der Waals surface area contributed by atoms with Gasteiger partial charge in [0, 0.05) is 17.9 Å². The average Bonchev–Trinajstić information content (AvgIpc) is 3.46. The highest BCUT2D eigenvalue weighted by Gasteiger charge is 2.33. The van der Waals surface area contributed by atoms with Crippen LogP contribution in [0, 0.1) is 0 Å². The van der Waals surface area contributed by atoms with Crippen molar-refractivity contribution in [3.63, 3.8) is 0 Å². The van der Waals surface area contributed by atoms with Gasteiger partial charge >= 0.3 is 12.2 Å². The number of ether oxygens (including phenoxy) is 2. The average molecular weight is 420 g/mol. The molecule has 3 saturated heterocycles. The van der Waals surface area contributed by atoms with Crippen LogP contribution in [0.3, 0.4) is 0 Å². The highest BCUT2D eigenvalue weighted by molar-refractivity contribution is 7.80. The number of carbonyl (C=O) groups excluding carboxylic acids is 2. The minimum atomic E-state index is -0.412. The number of aliphatic hydroxyl groups is 1. The Balaban J connectivity index is 1.32. The van der Waals surface area contributed by atoms with Crippen molar-refractivity contribution in [2.45, 2.75) is 25.0 Å². The van der Waals surface area contributed by atoms with E-state index in [0.717, 1.165) is 25.1 Å². The number of anilines is 2. The second-order valence-corrected chi connectivity index (χ2v) is 7.64. The van der Waals surface area contributed by atoms with Crippen molar-refractivity contribution in [1.82, 2.24) is 10.2 Å². The summed E-state index contributed by atoms with van der Waals surface area (Å²) in [5, 5.41) is 13.2. The maximum atomic E-state index is 12.3. The fraction of sp³-hybridized carbons (Fsp3) is 0.526. The number of aliphatic hydroxyl groups excluding tert-OH is 1. The van der Waals surface area contributed by atoms with Crippen LogP contribution < -0.4 is 15.1 Å². The van der Waals surface area contributed by atoms with Crippen LogP contribution in [-0.4, -0.2) is 78.8 Å². The summed E-state index contributed by atoms with van der Waals surface area (Å²) in [5.41, 5.74) is 1.44. The Kier molecular flexibility index (Phi) is 5.72. The number of likely N-dealkylation sites (tertiary alicyclic amines) is 1. The summed E-state index contributed by atoms with van der Waals surface area (Å²) in [4.78, 5) is 29.1. The van der Waals surface area contributed by atoms with Gasteiger partial charge in [-0.1, -0.05) is 0 Å². The molecule has 2 atom stereocenters. The molecule has 2 amide bonds. The number of cyclic esters (lactones) is 2. The Labute approximate surface area is 174 Å². The summed E-state index contributed by atoms with van der Waals surface area (Å²) in [5.74, 6) is 0. The van der Waals surface area contributed by atoms with Gasteiger partial charge in [0.25, 0.3) is 0 Å². The number of nitrogens with one attached hydrogen (secondary N) is 1. The van der Waals surface area contributed by atoms with Crippen molar-refractivity contribution < 1.29 is 24.2 Å². The predicted octanol–water partition coefficient (Wildman–Crippen LogP) is 1.30. The van der Waals surface area contributed by atoms with Gasteiger partial charge in [0.15, 0.2) is 5.11 Å². The van der Waals surface area contributed by atoms with Gasteiger partial charge in [-0.15, -0.1) is 0 Å². The highest BCUT2D eigenvalue weighted by Crippen LogP contribution is 2.26. The fourth-order valence-electron chi connectivity index (χ4n) is 3.87. The number of thiocarbonyl (C=S) groups is 1. The maximum Gasteiger partial charge on any atom is 0.414 e. The van der Waals surface area contributed by atoms with Crippen LogP contribution >= 0.6 is 12.2 Å². The number of amides is 2. The summed E-state index contributed by atoms with van der Waals surface area (Å²) in [6.07, 6.45) is 0.830. The van der Waals surface area contributed by atoms with Crippen LogP contribution in [0.5, 0.6) is 0 Å². The monoisotopic (exact) mass is 420 g/mol. The van der Waals surface area contributed by atoms with E-state index >= 15 is 0 Å². The standard InChI is InChI=1S/C19H24N4O5S/c24-12-15-2-1-7-21(15)17(29)20-10-16-11-23(19(26)28-16)14-5-3-13(4-6-14)22-8-9-27-18(22)25/h3-6,15-16,24H,1-2,7-12H2,(H,20,29)/t15-,16+/m1/s1. The van der Waals surface area contributed by atoms with Gasteiger partial charge in [-0.2, -0.15) is 0 Å². The lowest BCUT2D eigenvalue weighted by molar-refractivity contribution is 0.142. The second kappa shape index (κ2) is 8.42. The molecular formula is C19H24N4O5S. The number of nitrogens with zero attached hydrogens (tertiary/aromatic N) is 3. The molecule has 0 saturated carbocycles. The van der Waals surface area contributed by atoms with Crippen LogP contribution in [0.2, 0.25) is 0 Å². The van der Waals surface area contributed by atoms with Gasteiger partial charge in [-0.25, -0.2) is 9.59 Å². The Morgan fingerprint density at radius 2 is 1.86 bits per heavy atom. The molecule has 0 radical (unpaired) electrons.